The van der Waals surface area contributed by atoms with E-state index in [4.69, 9.17) is 13.9 Å². The van der Waals surface area contributed by atoms with E-state index in [0.29, 0.717) is 29.9 Å². The van der Waals surface area contributed by atoms with Gasteiger partial charge in [0.15, 0.2) is 0 Å². The van der Waals surface area contributed by atoms with E-state index < -0.39 is 5.97 Å². The molecule has 1 heterocycles. The molecule has 0 atom stereocenters. The fourth-order valence-electron chi connectivity index (χ4n) is 2.24. The van der Waals surface area contributed by atoms with Crippen molar-refractivity contribution in [2.24, 2.45) is 0 Å². The fourth-order valence-corrected chi connectivity index (χ4v) is 2.24. The van der Waals surface area contributed by atoms with Crippen molar-refractivity contribution < 1.29 is 18.7 Å². The summed E-state index contributed by atoms with van der Waals surface area (Å²) < 4.78 is 16.1. The summed E-state index contributed by atoms with van der Waals surface area (Å²) in [6.45, 7) is 2.08. The third-order valence-electron chi connectivity index (χ3n) is 3.42. The predicted octanol–water partition coefficient (Wildman–Crippen LogP) is 3.40. The van der Waals surface area contributed by atoms with E-state index in [0.717, 1.165) is 18.4 Å². The topological polar surface area (TPSA) is 61.6 Å². The van der Waals surface area contributed by atoms with Crippen LogP contribution in [0.1, 0.15) is 41.9 Å². The van der Waals surface area contributed by atoms with Crippen molar-refractivity contribution in [3.8, 4) is 17.2 Å². The summed E-state index contributed by atoms with van der Waals surface area (Å²) in [6, 6.07) is 7.44. The molecule has 1 aromatic heterocycles. The molecule has 0 aliphatic heterocycles. The highest BCUT2D eigenvalue weighted by Gasteiger charge is 2.34. The summed E-state index contributed by atoms with van der Waals surface area (Å²) in [4.78, 5) is 16.5. The normalized spacial score (nSPS) is 14.0. The molecule has 0 radical (unpaired) electrons. The zero-order valence-electron chi connectivity index (χ0n) is 12.1. The van der Waals surface area contributed by atoms with Gasteiger partial charge in [-0.3, -0.25) is 0 Å². The minimum absolute atomic E-state index is 0.222. The van der Waals surface area contributed by atoms with Gasteiger partial charge in [0.2, 0.25) is 11.7 Å². The number of aromatic nitrogens is 1. The summed E-state index contributed by atoms with van der Waals surface area (Å²) in [5, 5.41) is 0. The summed E-state index contributed by atoms with van der Waals surface area (Å²) in [5.74, 6) is 1.14. The summed E-state index contributed by atoms with van der Waals surface area (Å²) in [6.07, 6.45) is 2.06. The van der Waals surface area contributed by atoms with Crippen LogP contribution in [0.25, 0.3) is 11.5 Å². The highest BCUT2D eigenvalue weighted by atomic mass is 16.5. The van der Waals surface area contributed by atoms with Crippen LogP contribution < -0.4 is 4.74 Å². The Morgan fingerprint density at radius 2 is 2.14 bits per heavy atom. The third kappa shape index (κ3) is 2.63. The average Bonchev–Trinajstić information content (AvgIpc) is 3.26. The van der Waals surface area contributed by atoms with E-state index in [1.54, 1.807) is 14.0 Å². The van der Waals surface area contributed by atoms with E-state index in [1.165, 1.54) is 0 Å². The minimum atomic E-state index is -0.451. The van der Waals surface area contributed by atoms with Crippen molar-refractivity contribution in [3.63, 3.8) is 0 Å². The fraction of sp³-hybridized carbons (Fsp3) is 0.375. The van der Waals surface area contributed by atoms with Crippen LogP contribution in [0.2, 0.25) is 0 Å². The molecule has 0 unspecified atom stereocenters. The standard InChI is InChI=1S/C16H17NO4/c1-3-20-16(18)14-13(10-8-9-10)17-15(21-14)11-6-4-5-7-12(11)19-2/h4-7,10H,3,8-9H2,1-2H3. The maximum Gasteiger partial charge on any atom is 0.376 e. The number of carbonyl (C=O) groups is 1. The molecule has 0 amide bonds. The molecule has 110 valence electrons. The highest BCUT2D eigenvalue weighted by Crippen LogP contribution is 2.43. The number of carbonyl (C=O) groups excluding carboxylic acids is 1. The first-order chi connectivity index (χ1) is 10.2. The van der Waals surface area contributed by atoms with E-state index in [9.17, 15) is 4.79 Å². The van der Waals surface area contributed by atoms with Gasteiger partial charge in [0.25, 0.3) is 0 Å². The van der Waals surface area contributed by atoms with Gasteiger partial charge in [0.1, 0.15) is 5.75 Å². The minimum Gasteiger partial charge on any atom is -0.496 e. The molecule has 3 rings (SSSR count). The molecule has 1 saturated carbocycles. The number of hydrogen-bond acceptors (Lipinski definition) is 5. The van der Waals surface area contributed by atoms with Gasteiger partial charge in [-0.15, -0.1) is 0 Å². The Morgan fingerprint density at radius 1 is 1.38 bits per heavy atom. The molecule has 21 heavy (non-hydrogen) atoms. The van der Waals surface area contributed by atoms with Gasteiger partial charge < -0.3 is 13.9 Å². The van der Waals surface area contributed by atoms with Gasteiger partial charge in [-0.25, -0.2) is 9.78 Å². The number of methoxy groups -OCH3 is 1. The van der Waals surface area contributed by atoms with Crippen LogP contribution >= 0.6 is 0 Å². The number of para-hydroxylation sites is 1. The zero-order chi connectivity index (χ0) is 14.8. The van der Waals surface area contributed by atoms with Crippen LogP contribution in [0.3, 0.4) is 0 Å². The monoisotopic (exact) mass is 287 g/mol. The molecule has 5 nitrogen and oxygen atoms in total. The number of nitrogens with zero attached hydrogens (tertiary/aromatic N) is 1. The number of hydrogen-bond donors (Lipinski definition) is 0. The Morgan fingerprint density at radius 3 is 2.81 bits per heavy atom. The molecule has 1 aromatic carbocycles. The Balaban J connectivity index is 2.04. The first-order valence-electron chi connectivity index (χ1n) is 7.05. The number of ether oxygens (including phenoxy) is 2. The summed E-state index contributed by atoms with van der Waals surface area (Å²) in [5.41, 5.74) is 1.44. The lowest BCUT2D eigenvalue weighted by Crippen LogP contribution is -2.05. The van der Waals surface area contributed by atoms with Crippen LogP contribution in [0.4, 0.5) is 0 Å². The van der Waals surface area contributed by atoms with Gasteiger partial charge in [-0.05, 0) is 31.9 Å². The van der Waals surface area contributed by atoms with Crippen molar-refractivity contribution in [3.05, 3.63) is 35.7 Å². The Bertz CT molecular complexity index is 658. The van der Waals surface area contributed by atoms with Crippen LogP contribution in [0.15, 0.2) is 28.7 Å². The van der Waals surface area contributed by atoms with Crippen molar-refractivity contribution in [1.82, 2.24) is 4.98 Å². The number of rotatable bonds is 5. The smallest absolute Gasteiger partial charge is 0.376 e. The lowest BCUT2D eigenvalue weighted by Gasteiger charge is -2.03. The molecule has 1 aliphatic carbocycles. The molecule has 0 spiro atoms. The number of benzene rings is 1. The Kier molecular flexibility index (Phi) is 3.64. The summed E-state index contributed by atoms with van der Waals surface area (Å²) in [7, 11) is 1.59. The Labute approximate surface area is 122 Å². The highest BCUT2D eigenvalue weighted by molar-refractivity contribution is 5.88. The average molecular weight is 287 g/mol. The molecule has 1 aliphatic rings. The molecule has 1 fully saturated rings. The van der Waals surface area contributed by atoms with Gasteiger partial charge in [-0.2, -0.15) is 0 Å². The second-order valence-corrected chi connectivity index (χ2v) is 4.93. The molecule has 2 aromatic rings. The van der Waals surface area contributed by atoms with Crippen molar-refractivity contribution in [2.45, 2.75) is 25.7 Å². The van der Waals surface area contributed by atoms with E-state index in [1.807, 2.05) is 24.3 Å². The lowest BCUT2D eigenvalue weighted by atomic mass is 10.2. The van der Waals surface area contributed by atoms with Crippen molar-refractivity contribution in [1.29, 1.82) is 0 Å². The van der Waals surface area contributed by atoms with E-state index in [2.05, 4.69) is 4.98 Å². The van der Waals surface area contributed by atoms with Gasteiger partial charge >= 0.3 is 5.97 Å². The largest absolute Gasteiger partial charge is 0.496 e. The summed E-state index contributed by atoms with van der Waals surface area (Å²) >= 11 is 0. The maximum atomic E-state index is 12.0. The van der Waals surface area contributed by atoms with Crippen LogP contribution in [-0.2, 0) is 4.74 Å². The molecule has 0 N–H and O–H groups in total. The molecular weight excluding hydrogens is 270 g/mol. The zero-order valence-corrected chi connectivity index (χ0v) is 12.1. The lowest BCUT2D eigenvalue weighted by molar-refractivity contribution is 0.0489. The number of oxazole rings is 1. The van der Waals surface area contributed by atoms with Gasteiger partial charge in [0.05, 0.1) is 25.0 Å². The number of esters is 1. The first-order valence-corrected chi connectivity index (χ1v) is 7.05. The van der Waals surface area contributed by atoms with Crippen molar-refractivity contribution in [2.75, 3.05) is 13.7 Å². The van der Waals surface area contributed by atoms with Gasteiger partial charge in [-0.1, -0.05) is 12.1 Å². The quantitative estimate of drug-likeness (QED) is 0.789. The van der Waals surface area contributed by atoms with Crippen LogP contribution in [-0.4, -0.2) is 24.7 Å². The van der Waals surface area contributed by atoms with Crippen LogP contribution in [0.5, 0.6) is 5.75 Å². The van der Waals surface area contributed by atoms with E-state index >= 15 is 0 Å². The van der Waals surface area contributed by atoms with Crippen molar-refractivity contribution >= 4 is 5.97 Å². The SMILES string of the molecule is CCOC(=O)c1oc(-c2ccccc2OC)nc1C1CC1. The molecule has 0 bridgehead atoms. The first kappa shape index (κ1) is 13.7. The molecular formula is C16H17NO4. The predicted molar refractivity (Wildman–Crippen MR) is 76.4 cm³/mol. The second-order valence-electron chi connectivity index (χ2n) is 4.93. The molecule has 5 heteroatoms. The Hall–Kier alpha value is -2.30. The van der Waals surface area contributed by atoms with E-state index in [-0.39, 0.29) is 5.76 Å². The maximum absolute atomic E-state index is 12.0. The van der Waals surface area contributed by atoms with Gasteiger partial charge in [0, 0.05) is 5.92 Å². The van der Waals surface area contributed by atoms with Crippen LogP contribution in [0, 0.1) is 0 Å². The third-order valence-corrected chi connectivity index (χ3v) is 3.42. The second kappa shape index (κ2) is 5.60. The molecule has 0 saturated heterocycles.